The molecule has 1 aliphatic rings. The zero-order valence-electron chi connectivity index (χ0n) is 26.8. The van der Waals surface area contributed by atoms with Gasteiger partial charge in [0.25, 0.3) is 0 Å². The normalized spacial score (nSPS) is 13.2. The summed E-state index contributed by atoms with van der Waals surface area (Å²) < 4.78 is 0. The maximum Gasteiger partial charge on any atom is 0.175 e. The number of rotatable bonds is 6. The molecular formula is C43H32Cl2N4. The molecule has 0 unspecified atom stereocenters. The van der Waals surface area contributed by atoms with Crippen molar-refractivity contribution in [2.24, 2.45) is 9.98 Å². The Hall–Kier alpha value is -5.55. The molecule has 0 bridgehead atoms. The number of benzene rings is 6. The Morgan fingerprint density at radius 1 is 0.469 bits per heavy atom. The van der Waals surface area contributed by atoms with E-state index < -0.39 is 5.66 Å². The van der Waals surface area contributed by atoms with Crippen molar-refractivity contribution in [2.45, 2.75) is 12.6 Å². The number of nitrogens with one attached hydrogen (secondary N) is 1. The number of hydrogen-bond donors (Lipinski definition) is 1. The van der Waals surface area contributed by atoms with Crippen LogP contribution in [0.15, 0.2) is 180 Å². The summed E-state index contributed by atoms with van der Waals surface area (Å²) >= 11 is 12.8. The van der Waals surface area contributed by atoms with Crippen LogP contribution in [0.5, 0.6) is 0 Å². The van der Waals surface area contributed by atoms with Crippen LogP contribution in [0.4, 0.5) is 0 Å². The standard InChI is InChI=1S/C22H17ClN2.C21H15ClN2/c1-22(18-14-8-9-15-19(18)23)24-20(16-10-4-2-5-11-16)21(25-22)17-12-6-3-7-13-17;22-18-14-8-7-13-17(18)21-23-19(15-9-3-1-4-10-15)20(24-21)16-11-5-2-6-12-16/h2-15H,1H3;1-14H,(H,23,24). The molecule has 238 valence electrons. The minimum atomic E-state index is -0.727. The van der Waals surface area contributed by atoms with E-state index in [0.29, 0.717) is 10.0 Å². The van der Waals surface area contributed by atoms with Crippen LogP contribution in [0.3, 0.4) is 0 Å². The van der Waals surface area contributed by atoms with Gasteiger partial charge in [-0.25, -0.2) is 15.0 Å². The number of hydrogen-bond acceptors (Lipinski definition) is 3. The van der Waals surface area contributed by atoms with Crippen molar-refractivity contribution in [3.8, 4) is 33.9 Å². The Morgan fingerprint density at radius 2 is 0.898 bits per heavy atom. The largest absolute Gasteiger partial charge is 0.337 e. The van der Waals surface area contributed by atoms with Gasteiger partial charge in [-0.15, -0.1) is 0 Å². The van der Waals surface area contributed by atoms with E-state index in [-0.39, 0.29) is 0 Å². The van der Waals surface area contributed by atoms with Crippen LogP contribution in [0.1, 0.15) is 23.6 Å². The fourth-order valence-electron chi connectivity index (χ4n) is 5.90. The molecule has 49 heavy (non-hydrogen) atoms. The topological polar surface area (TPSA) is 53.4 Å². The van der Waals surface area contributed by atoms with E-state index in [4.69, 9.17) is 38.2 Å². The summed E-state index contributed by atoms with van der Waals surface area (Å²) in [5.74, 6) is 0.776. The van der Waals surface area contributed by atoms with E-state index in [2.05, 4.69) is 53.5 Å². The van der Waals surface area contributed by atoms with Crippen LogP contribution in [-0.4, -0.2) is 21.4 Å². The van der Waals surface area contributed by atoms with Gasteiger partial charge in [0, 0.05) is 38.4 Å². The predicted octanol–water partition coefficient (Wildman–Crippen LogP) is 11.6. The van der Waals surface area contributed by atoms with Gasteiger partial charge in [-0.3, -0.25) is 0 Å². The van der Waals surface area contributed by atoms with E-state index >= 15 is 0 Å². The highest BCUT2D eigenvalue weighted by atomic mass is 35.5. The maximum absolute atomic E-state index is 6.44. The van der Waals surface area contributed by atoms with E-state index in [1.54, 1.807) is 0 Å². The van der Waals surface area contributed by atoms with Gasteiger partial charge in [-0.1, -0.05) is 175 Å². The van der Waals surface area contributed by atoms with Gasteiger partial charge in [0.05, 0.1) is 27.8 Å². The lowest BCUT2D eigenvalue weighted by Crippen LogP contribution is -2.14. The fourth-order valence-corrected chi connectivity index (χ4v) is 6.44. The molecule has 7 aromatic rings. The summed E-state index contributed by atoms with van der Waals surface area (Å²) in [6.07, 6.45) is 0. The molecule has 6 aromatic carbocycles. The summed E-state index contributed by atoms with van der Waals surface area (Å²) in [6, 6.07) is 56.3. The molecular weight excluding hydrogens is 643 g/mol. The van der Waals surface area contributed by atoms with Crippen LogP contribution in [0.25, 0.3) is 33.9 Å². The van der Waals surface area contributed by atoms with Gasteiger partial charge in [0.15, 0.2) is 5.66 Å². The Bertz CT molecular complexity index is 2130. The summed E-state index contributed by atoms with van der Waals surface area (Å²) in [6.45, 7) is 2.01. The summed E-state index contributed by atoms with van der Waals surface area (Å²) in [5.41, 5.74) is 9.09. The molecule has 0 atom stereocenters. The second-order valence-electron chi connectivity index (χ2n) is 11.7. The van der Waals surface area contributed by atoms with E-state index in [1.165, 1.54) is 0 Å². The van der Waals surface area contributed by atoms with Gasteiger partial charge < -0.3 is 4.98 Å². The van der Waals surface area contributed by atoms with Crippen LogP contribution in [-0.2, 0) is 5.66 Å². The fraction of sp³-hybridized carbons (Fsp3) is 0.0465. The monoisotopic (exact) mass is 674 g/mol. The molecule has 1 aliphatic heterocycles. The first-order valence-corrected chi connectivity index (χ1v) is 16.8. The molecule has 1 N–H and O–H groups in total. The second-order valence-corrected chi connectivity index (χ2v) is 12.5. The molecule has 8 rings (SSSR count). The average Bonchev–Trinajstić information content (AvgIpc) is 3.77. The van der Waals surface area contributed by atoms with Crippen LogP contribution >= 0.6 is 23.2 Å². The highest BCUT2D eigenvalue weighted by molar-refractivity contribution is 6.54. The minimum absolute atomic E-state index is 0.680. The zero-order chi connectivity index (χ0) is 33.6. The lowest BCUT2D eigenvalue weighted by molar-refractivity contribution is 0.541. The number of H-pyrrole nitrogens is 1. The van der Waals surface area contributed by atoms with Crippen molar-refractivity contribution < 1.29 is 0 Å². The van der Waals surface area contributed by atoms with E-state index in [1.807, 2.05) is 128 Å². The highest BCUT2D eigenvalue weighted by Gasteiger charge is 2.35. The van der Waals surface area contributed by atoms with Crippen molar-refractivity contribution in [3.05, 3.63) is 197 Å². The third kappa shape index (κ3) is 6.88. The van der Waals surface area contributed by atoms with Crippen LogP contribution in [0.2, 0.25) is 10.0 Å². The molecule has 0 radical (unpaired) electrons. The molecule has 4 nitrogen and oxygen atoms in total. The van der Waals surface area contributed by atoms with Gasteiger partial charge in [0.2, 0.25) is 0 Å². The molecule has 0 saturated carbocycles. The molecule has 2 heterocycles. The number of aromatic amines is 1. The Morgan fingerprint density at radius 3 is 1.41 bits per heavy atom. The second kappa shape index (κ2) is 14.3. The molecule has 0 amide bonds. The number of aromatic nitrogens is 2. The SMILES string of the molecule is CC1(c2ccccc2Cl)N=C(c2ccccc2)C(c2ccccc2)=N1.Clc1ccccc1-c1nc(-c2ccccc2)c(-c2ccccc2)[nH]1. The van der Waals surface area contributed by atoms with Crippen molar-refractivity contribution in [3.63, 3.8) is 0 Å². The summed E-state index contributed by atoms with van der Waals surface area (Å²) in [7, 11) is 0. The zero-order valence-corrected chi connectivity index (χ0v) is 28.3. The first-order chi connectivity index (χ1) is 24.0. The van der Waals surface area contributed by atoms with Gasteiger partial charge in [-0.05, 0) is 25.1 Å². The van der Waals surface area contributed by atoms with Crippen LogP contribution < -0.4 is 0 Å². The van der Waals surface area contributed by atoms with Crippen molar-refractivity contribution in [1.82, 2.24) is 9.97 Å². The quantitative estimate of drug-likeness (QED) is 0.187. The maximum atomic E-state index is 6.44. The van der Waals surface area contributed by atoms with E-state index in [0.717, 1.165) is 62.0 Å². The minimum Gasteiger partial charge on any atom is -0.337 e. The Balaban J connectivity index is 0.000000154. The summed E-state index contributed by atoms with van der Waals surface area (Å²) in [4.78, 5) is 18.3. The van der Waals surface area contributed by atoms with Gasteiger partial charge >= 0.3 is 0 Å². The van der Waals surface area contributed by atoms with E-state index in [9.17, 15) is 0 Å². The number of nitrogens with zero attached hydrogens (tertiary/aromatic N) is 3. The van der Waals surface area contributed by atoms with Crippen LogP contribution in [0, 0.1) is 0 Å². The molecule has 0 fully saturated rings. The smallest absolute Gasteiger partial charge is 0.175 e. The average molecular weight is 676 g/mol. The molecule has 6 heteroatoms. The molecule has 0 saturated heterocycles. The summed E-state index contributed by atoms with van der Waals surface area (Å²) in [5, 5.41) is 1.37. The van der Waals surface area contributed by atoms with Crippen molar-refractivity contribution in [2.75, 3.05) is 0 Å². The molecule has 1 aromatic heterocycles. The number of halogens is 2. The van der Waals surface area contributed by atoms with Crippen molar-refractivity contribution >= 4 is 34.6 Å². The lowest BCUT2D eigenvalue weighted by atomic mass is 10.0. The molecule has 0 spiro atoms. The van der Waals surface area contributed by atoms with Gasteiger partial charge in [-0.2, -0.15) is 0 Å². The lowest BCUT2D eigenvalue weighted by Gasteiger charge is -2.19. The number of aliphatic imine (C=N–C) groups is 2. The van der Waals surface area contributed by atoms with Crippen molar-refractivity contribution in [1.29, 1.82) is 0 Å². The first kappa shape index (κ1) is 32.0. The number of imidazole rings is 1. The van der Waals surface area contributed by atoms with Gasteiger partial charge in [0.1, 0.15) is 5.82 Å². The third-order valence-electron chi connectivity index (χ3n) is 8.30. The predicted molar refractivity (Wildman–Crippen MR) is 205 cm³/mol. The first-order valence-electron chi connectivity index (χ1n) is 16.0. The molecule has 0 aliphatic carbocycles. The Kier molecular flexibility index (Phi) is 9.34. The Labute approximate surface area is 296 Å². The highest BCUT2D eigenvalue weighted by Crippen LogP contribution is 2.38. The third-order valence-corrected chi connectivity index (χ3v) is 8.96.